The second-order valence-corrected chi connectivity index (χ2v) is 14.1. The van der Waals surface area contributed by atoms with Crippen molar-refractivity contribution < 1.29 is 43.4 Å². The van der Waals surface area contributed by atoms with Gasteiger partial charge >= 0.3 is 5.97 Å². The Morgan fingerprint density at radius 1 is 0.953 bits per heavy atom. The number of methoxy groups -OCH3 is 5. The van der Waals surface area contributed by atoms with Crippen molar-refractivity contribution in [2.24, 2.45) is 34.5 Å². The lowest BCUT2D eigenvalue weighted by Crippen LogP contribution is -2.77. The van der Waals surface area contributed by atoms with E-state index in [-0.39, 0.29) is 47.8 Å². The molecule has 2 N–H and O–H groups in total. The number of hydrogen-bond donors (Lipinski definition) is 2. The van der Waals surface area contributed by atoms with Crippen LogP contribution in [0, 0.1) is 34.5 Å². The van der Waals surface area contributed by atoms with E-state index in [0.717, 1.165) is 25.9 Å². The van der Waals surface area contributed by atoms with Crippen LogP contribution in [0.4, 0.5) is 0 Å². The largest absolute Gasteiger partial charge is 0.497 e. The van der Waals surface area contributed by atoms with Crippen LogP contribution < -0.4 is 4.74 Å². The van der Waals surface area contributed by atoms with E-state index in [1.165, 1.54) is 0 Å². The highest BCUT2D eigenvalue weighted by molar-refractivity contribution is 5.89. The lowest BCUT2D eigenvalue weighted by molar-refractivity contribution is -0.283. The van der Waals surface area contributed by atoms with Gasteiger partial charge in [0.25, 0.3) is 0 Å². The van der Waals surface area contributed by atoms with Gasteiger partial charge in [-0.1, -0.05) is 6.92 Å². The summed E-state index contributed by atoms with van der Waals surface area (Å²) in [5.41, 5.74) is -3.05. The van der Waals surface area contributed by atoms with Gasteiger partial charge in [-0.2, -0.15) is 0 Å². The maximum Gasteiger partial charge on any atom is 0.338 e. The normalized spacial score (nSPS) is 49.2. The van der Waals surface area contributed by atoms with Crippen LogP contribution >= 0.6 is 0 Å². The molecule has 7 bridgehead atoms. The van der Waals surface area contributed by atoms with Crippen LogP contribution in [-0.4, -0.2) is 118 Å². The second kappa shape index (κ2) is 10.1. The number of benzene rings is 1. The van der Waals surface area contributed by atoms with Crippen molar-refractivity contribution in [1.82, 2.24) is 4.90 Å². The highest BCUT2D eigenvalue weighted by atomic mass is 16.6. The van der Waals surface area contributed by atoms with Crippen LogP contribution in [0.3, 0.4) is 0 Å². The number of ether oxygens (including phenoxy) is 6. The topological polar surface area (TPSA) is 116 Å². The molecule has 1 heterocycles. The van der Waals surface area contributed by atoms with Crippen LogP contribution in [0.2, 0.25) is 0 Å². The first-order valence-electron chi connectivity index (χ1n) is 15.8. The van der Waals surface area contributed by atoms with Crippen LogP contribution in [0.1, 0.15) is 43.0 Å². The minimum absolute atomic E-state index is 0.0233. The highest BCUT2D eigenvalue weighted by Crippen LogP contribution is 2.80. The summed E-state index contributed by atoms with van der Waals surface area (Å²) < 4.78 is 36.5. The molecule has 43 heavy (non-hydrogen) atoms. The molecule has 6 unspecified atom stereocenters. The Bertz CT molecular complexity index is 1250. The smallest absolute Gasteiger partial charge is 0.338 e. The SMILES string of the molecule is CCN1C[C@]2(COC)CC[C@H](OC)C34C5C[C@@]6(O)[C@@H](OC)C[C@](O)(C(C13)[C@H](OC)C42)C5[C@@H]6OC(=O)c1ccc(OC)cc1. The van der Waals surface area contributed by atoms with E-state index in [1.807, 2.05) is 0 Å². The first-order valence-corrected chi connectivity index (χ1v) is 15.8. The zero-order chi connectivity index (χ0) is 30.5. The molecule has 238 valence electrons. The van der Waals surface area contributed by atoms with Gasteiger partial charge in [0, 0.05) is 76.0 Å². The van der Waals surface area contributed by atoms with Crippen molar-refractivity contribution in [3.63, 3.8) is 0 Å². The van der Waals surface area contributed by atoms with Crippen molar-refractivity contribution in [2.75, 3.05) is 55.2 Å². The summed E-state index contributed by atoms with van der Waals surface area (Å²) in [5, 5.41) is 25.8. The standard InChI is InChI=1S/C33H47NO9/c1-7-34-16-30(17-38-2)13-12-21(40-4)33-20-14-31(36)22(41-5)15-32(37,24(27(33)34)25(42-6)26(30)33)23(20)28(31)43-29(35)18-8-10-19(39-3)11-9-18/h8-11,20-28,36-37H,7,12-17H2,1-6H3/t20?,21-,22-,23?,24?,25-,26?,27?,28-,30-,31+,32+,33?/m0/s1. The first kappa shape index (κ1) is 29.9. The molecule has 1 aliphatic heterocycles. The fourth-order valence-corrected chi connectivity index (χ4v) is 12.0. The van der Waals surface area contributed by atoms with E-state index < -0.39 is 40.7 Å². The van der Waals surface area contributed by atoms with Crippen molar-refractivity contribution in [1.29, 1.82) is 0 Å². The third-order valence-electron chi connectivity index (χ3n) is 13.0. The van der Waals surface area contributed by atoms with Gasteiger partial charge in [-0.15, -0.1) is 0 Å². The monoisotopic (exact) mass is 601 g/mol. The number of hydrogen-bond acceptors (Lipinski definition) is 10. The molecule has 1 spiro atoms. The molecule has 1 aromatic rings. The molecule has 5 saturated carbocycles. The lowest BCUT2D eigenvalue weighted by atomic mass is 9.43. The summed E-state index contributed by atoms with van der Waals surface area (Å²) in [6.07, 6.45) is 0.328. The number of rotatable bonds is 9. The van der Waals surface area contributed by atoms with E-state index in [2.05, 4.69) is 11.8 Å². The van der Waals surface area contributed by atoms with Gasteiger partial charge in [0.05, 0.1) is 43.2 Å². The molecule has 1 saturated heterocycles. The van der Waals surface area contributed by atoms with Gasteiger partial charge in [0.1, 0.15) is 17.5 Å². The minimum Gasteiger partial charge on any atom is -0.497 e. The van der Waals surface area contributed by atoms with E-state index in [0.29, 0.717) is 24.3 Å². The number of nitrogens with zero attached hydrogens (tertiary/aromatic N) is 1. The Morgan fingerprint density at radius 2 is 1.67 bits per heavy atom. The molecule has 13 atom stereocenters. The molecule has 6 fully saturated rings. The predicted molar refractivity (Wildman–Crippen MR) is 155 cm³/mol. The molecule has 6 aliphatic rings. The average Bonchev–Trinajstić information content (AvgIpc) is 3.40. The Kier molecular flexibility index (Phi) is 7.03. The summed E-state index contributed by atoms with van der Waals surface area (Å²) in [7, 11) is 8.46. The molecule has 7 rings (SSSR count). The predicted octanol–water partition coefficient (Wildman–Crippen LogP) is 2.14. The fraction of sp³-hybridized carbons (Fsp3) is 0.788. The number of likely N-dealkylation sites (tertiary alicyclic amines) is 1. The van der Waals surface area contributed by atoms with E-state index in [1.54, 1.807) is 59.8 Å². The molecular weight excluding hydrogens is 554 g/mol. The lowest BCUT2D eigenvalue weighted by Gasteiger charge is -2.69. The summed E-state index contributed by atoms with van der Waals surface area (Å²) in [5.74, 6) is -0.864. The van der Waals surface area contributed by atoms with Crippen LogP contribution in [-0.2, 0) is 23.7 Å². The van der Waals surface area contributed by atoms with E-state index in [9.17, 15) is 15.0 Å². The Hall–Kier alpha value is -1.79. The third kappa shape index (κ3) is 3.52. The van der Waals surface area contributed by atoms with Gasteiger partial charge in [0.2, 0.25) is 0 Å². The van der Waals surface area contributed by atoms with Crippen LogP contribution in [0.15, 0.2) is 24.3 Å². The number of aliphatic hydroxyl groups is 2. The number of esters is 1. The summed E-state index contributed by atoms with van der Waals surface area (Å²) in [4.78, 5) is 16.2. The van der Waals surface area contributed by atoms with Crippen LogP contribution in [0.5, 0.6) is 5.75 Å². The highest BCUT2D eigenvalue weighted by Gasteiger charge is 2.88. The molecule has 0 radical (unpaired) electrons. The Morgan fingerprint density at radius 3 is 2.28 bits per heavy atom. The quantitative estimate of drug-likeness (QED) is 0.408. The van der Waals surface area contributed by atoms with Crippen molar-refractivity contribution in [3.05, 3.63) is 29.8 Å². The van der Waals surface area contributed by atoms with Crippen molar-refractivity contribution >= 4 is 5.97 Å². The van der Waals surface area contributed by atoms with Gasteiger partial charge < -0.3 is 38.6 Å². The number of carbonyl (C=O) groups is 1. The maximum atomic E-state index is 13.7. The molecule has 5 aliphatic carbocycles. The van der Waals surface area contributed by atoms with Gasteiger partial charge in [-0.05, 0) is 56.0 Å². The summed E-state index contributed by atoms with van der Waals surface area (Å²) in [6.45, 7) is 4.45. The Balaban J connectivity index is 1.41. The number of carbonyl (C=O) groups excluding carboxylic acids is 1. The fourth-order valence-electron chi connectivity index (χ4n) is 12.0. The molecule has 0 aromatic heterocycles. The summed E-state index contributed by atoms with van der Waals surface area (Å²) >= 11 is 0. The minimum atomic E-state index is -1.47. The van der Waals surface area contributed by atoms with E-state index >= 15 is 0 Å². The first-order chi connectivity index (χ1) is 20.6. The Labute approximate surface area is 253 Å². The molecule has 0 amide bonds. The molecule has 1 aromatic carbocycles. The molecular formula is C33H47NO9. The molecule has 10 heteroatoms. The second-order valence-electron chi connectivity index (χ2n) is 14.1. The molecule has 10 nitrogen and oxygen atoms in total. The average molecular weight is 602 g/mol. The van der Waals surface area contributed by atoms with Crippen molar-refractivity contribution in [2.45, 2.75) is 74.3 Å². The zero-order valence-electron chi connectivity index (χ0n) is 26.2. The third-order valence-corrected chi connectivity index (χ3v) is 13.0. The maximum absolute atomic E-state index is 13.7. The number of fused-ring (bicyclic) bond motifs is 2. The summed E-state index contributed by atoms with van der Waals surface area (Å²) in [6, 6.07) is 6.72. The van der Waals surface area contributed by atoms with Gasteiger partial charge in [0.15, 0.2) is 0 Å². The van der Waals surface area contributed by atoms with E-state index in [4.69, 9.17) is 28.4 Å². The van der Waals surface area contributed by atoms with Crippen LogP contribution in [0.25, 0.3) is 0 Å². The number of piperidine rings is 1. The van der Waals surface area contributed by atoms with Gasteiger partial charge in [-0.25, -0.2) is 4.79 Å². The van der Waals surface area contributed by atoms with Gasteiger partial charge in [-0.3, -0.25) is 4.90 Å². The zero-order valence-corrected chi connectivity index (χ0v) is 26.2. The van der Waals surface area contributed by atoms with Crippen molar-refractivity contribution in [3.8, 4) is 5.75 Å².